The fourth-order valence-corrected chi connectivity index (χ4v) is 2.63. The smallest absolute Gasteiger partial charge is 0.119 e. The molecule has 1 aliphatic heterocycles. The fourth-order valence-electron chi connectivity index (χ4n) is 2.63. The van der Waals surface area contributed by atoms with Crippen LogP contribution in [0.3, 0.4) is 0 Å². The molecule has 1 aromatic rings. The van der Waals surface area contributed by atoms with Gasteiger partial charge in [-0.25, -0.2) is 0 Å². The first-order valence-corrected chi connectivity index (χ1v) is 6.77. The Morgan fingerprint density at radius 3 is 3.11 bits per heavy atom. The lowest BCUT2D eigenvalue weighted by Crippen LogP contribution is -2.43. The second-order valence-electron chi connectivity index (χ2n) is 4.84. The van der Waals surface area contributed by atoms with Crippen molar-refractivity contribution in [1.29, 1.82) is 0 Å². The normalized spacial score (nSPS) is 23.9. The quantitative estimate of drug-likeness (QED) is 0.868. The van der Waals surface area contributed by atoms with Gasteiger partial charge in [0.1, 0.15) is 5.75 Å². The maximum absolute atomic E-state index is 5.62. The molecular formula is C15H23NO2. The zero-order valence-electron chi connectivity index (χ0n) is 11.3. The zero-order chi connectivity index (χ0) is 12.8. The van der Waals surface area contributed by atoms with Crippen LogP contribution in [0.15, 0.2) is 24.3 Å². The van der Waals surface area contributed by atoms with Gasteiger partial charge in [0.25, 0.3) is 0 Å². The summed E-state index contributed by atoms with van der Waals surface area (Å²) in [6.45, 7) is 4.93. The zero-order valence-corrected chi connectivity index (χ0v) is 11.3. The van der Waals surface area contributed by atoms with Gasteiger partial charge in [-0.2, -0.15) is 0 Å². The van der Waals surface area contributed by atoms with E-state index in [0.29, 0.717) is 12.0 Å². The van der Waals surface area contributed by atoms with Crippen LogP contribution in [0.1, 0.15) is 18.9 Å². The fraction of sp³-hybridized carbons (Fsp3) is 0.600. The Hall–Kier alpha value is -1.06. The third-order valence-electron chi connectivity index (χ3n) is 3.57. The maximum Gasteiger partial charge on any atom is 0.119 e. The van der Waals surface area contributed by atoms with Crippen LogP contribution in [0.5, 0.6) is 5.75 Å². The van der Waals surface area contributed by atoms with Crippen molar-refractivity contribution in [2.75, 3.05) is 26.9 Å². The standard InChI is InChI=1S/C15H23NO2/c1-3-16-15-7-8-18-11-13(15)9-12-5-4-6-14(10-12)17-2/h4-6,10,13,15-16H,3,7-9,11H2,1-2H3. The summed E-state index contributed by atoms with van der Waals surface area (Å²) in [6, 6.07) is 8.91. The lowest BCUT2D eigenvalue weighted by atomic mass is 9.89. The van der Waals surface area contributed by atoms with Gasteiger partial charge in [-0.1, -0.05) is 19.1 Å². The number of hydrogen-bond acceptors (Lipinski definition) is 3. The molecule has 0 radical (unpaired) electrons. The molecule has 0 spiro atoms. The minimum atomic E-state index is 0.561. The molecular weight excluding hydrogens is 226 g/mol. The third kappa shape index (κ3) is 3.47. The van der Waals surface area contributed by atoms with Gasteiger partial charge in [0, 0.05) is 18.6 Å². The number of rotatable bonds is 5. The summed E-state index contributed by atoms with van der Waals surface area (Å²) in [5, 5.41) is 3.57. The lowest BCUT2D eigenvalue weighted by molar-refractivity contribution is 0.0326. The average molecular weight is 249 g/mol. The van der Waals surface area contributed by atoms with Gasteiger partial charge in [0.15, 0.2) is 0 Å². The van der Waals surface area contributed by atoms with Crippen LogP contribution < -0.4 is 10.1 Å². The Labute approximate surface area is 109 Å². The van der Waals surface area contributed by atoms with Crippen LogP contribution in [0.25, 0.3) is 0 Å². The molecule has 0 aromatic heterocycles. The third-order valence-corrected chi connectivity index (χ3v) is 3.57. The van der Waals surface area contributed by atoms with E-state index in [-0.39, 0.29) is 0 Å². The summed E-state index contributed by atoms with van der Waals surface area (Å²) in [4.78, 5) is 0. The van der Waals surface area contributed by atoms with Crippen LogP contribution >= 0.6 is 0 Å². The Morgan fingerprint density at radius 2 is 2.33 bits per heavy atom. The molecule has 2 atom stereocenters. The Morgan fingerprint density at radius 1 is 1.44 bits per heavy atom. The van der Waals surface area contributed by atoms with Crippen LogP contribution in [0.2, 0.25) is 0 Å². The molecule has 2 unspecified atom stereocenters. The van der Waals surface area contributed by atoms with Crippen LogP contribution in [-0.2, 0) is 11.2 Å². The van der Waals surface area contributed by atoms with Crippen molar-refractivity contribution in [1.82, 2.24) is 5.32 Å². The Bertz CT molecular complexity index is 365. The van der Waals surface area contributed by atoms with E-state index >= 15 is 0 Å². The molecule has 2 rings (SSSR count). The molecule has 1 aliphatic rings. The van der Waals surface area contributed by atoms with Crippen LogP contribution in [-0.4, -0.2) is 32.9 Å². The molecule has 0 aliphatic carbocycles. The molecule has 3 nitrogen and oxygen atoms in total. The highest BCUT2D eigenvalue weighted by Gasteiger charge is 2.25. The van der Waals surface area contributed by atoms with E-state index in [2.05, 4.69) is 30.4 Å². The van der Waals surface area contributed by atoms with Gasteiger partial charge in [-0.3, -0.25) is 0 Å². The van der Waals surface area contributed by atoms with Crippen molar-refractivity contribution in [2.45, 2.75) is 25.8 Å². The highest BCUT2D eigenvalue weighted by atomic mass is 16.5. The van der Waals surface area contributed by atoms with E-state index in [4.69, 9.17) is 9.47 Å². The molecule has 1 heterocycles. The predicted octanol–water partition coefficient (Wildman–Crippen LogP) is 2.25. The average Bonchev–Trinajstić information content (AvgIpc) is 2.41. The number of hydrogen-bond donors (Lipinski definition) is 1. The molecule has 1 saturated heterocycles. The second kappa shape index (κ2) is 6.76. The molecule has 0 saturated carbocycles. The van der Waals surface area contributed by atoms with Crippen molar-refractivity contribution in [2.24, 2.45) is 5.92 Å². The summed E-state index contributed by atoms with van der Waals surface area (Å²) in [7, 11) is 1.71. The number of nitrogens with one attached hydrogen (secondary N) is 1. The Balaban J connectivity index is 2.01. The molecule has 100 valence electrons. The molecule has 1 N–H and O–H groups in total. The predicted molar refractivity (Wildman–Crippen MR) is 73.1 cm³/mol. The van der Waals surface area contributed by atoms with Crippen LogP contribution in [0.4, 0.5) is 0 Å². The van der Waals surface area contributed by atoms with Gasteiger partial charge in [0.05, 0.1) is 13.7 Å². The minimum absolute atomic E-state index is 0.561. The van der Waals surface area contributed by atoms with Crippen molar-refractivity contribution >= 4 is 0 Å². The van der Waals surface area contributed by atoms with E-state index in [9.17, 15) is 0 Å². The number of methoxy groups -OCH3 is 1. The topological polar surface area (TPSA) is 30.5 Å². The minimum Gasteiger partial charge on any atom is -0.497 e. The van der Waals surface area contributed by atoms with Gasteiger partial charge in [-0.05, 0) is 37.1 Å². The van der Waals surface area contributed by atoms with Crippen molar-refractivity contribution in [3.63, 3.8) is 0 Å². The van der Waals surface area contributed by atoms with Crippen LogP contribution in [0, 0.1) is 5.92 Å². The second-order valence-corrected chi connectivity index (χ2v) is 4.84. The van der Waals surface area contributed by atoms with E-state index < -0.39 is 0 Å². The van der Waals surface area contributed by atoms with E-state index in [0.717, 1.165) is 38.3 Å². The van der Waals surface area contributed by atoms with Crippen molar-refractivity contribution in [3.8, 4) is 5.75 Å². The summed E-state index contributed by atoms with van der Waals surface area (Å²) >= 11 is 0. The van der Waals surface area contributed by atoms with Crippen molar-refractivity contribution < 1.29 is 9.47 Å². The summed E-state index contributed by atoms with van der Waals surface area (Å²) < 4.78 is 10.9. The molecule has 1 fully saturated rings. The highest BCUT2D eigenvalue weighted by Crippen LogP contribution is 2.22. The maximum atomic E-state index is 5.62. The summed E-state index contributed by atoms with van der Waals surface area (Å²) in [5.74, 6) is 1.50. The van der Waals surface area contributed by atoms with Gasteiger partial charge < -0.3 is 14.8 Å². The van der Waals surface area contributed by atoms with Gasteiger partial charge in [-0.15, -0.1) is 0 Å². The van der Waals surface area contributed by atoms with Gasteiger partial charge >= 0.3 is 0 Å². The highest BCUT2D eigenvalue weighted by molar-refractivity contribution is 5.28. The summed E-state index contributed by atoms with van der Waals surface area (Å²) in [5.41, 5.74) is 1.33. The molecule has 0 bridgehead atoms. The SMILES string of the molecule is CCNC1CCOCC1Cc1cccc(OC)c1. The molecule has 0 amide bonds. The summed E-state index contributed by atoms with van der Waals surface area (Å²) in [6.07, 6.45) is 2.16. The van der Waals surface area contributed by atoms with E-state index in [1.165, 1.54) is 5.56 Å². The van der Waals surface area contributed by atoms with Gasteiger partial charge in [0.2, 0.25) is 0 Å². The number of ether oxygens (including phenoxy) is 2. The lowest BCUT2D eigenvalue weighted by Gasteiger charge is -2.32. The molecule has 18 heavy (non-hydrogen) atoms. The van der Waals surface area contributed by atoms with E-state index in [1.54, 1.807) is 7.11 Å². The Kier molecular flexibility index (Phi) is 5.02. The largest absolute Gasteiger partial charge is 0.497 e. The first-order chi connectivity index (χ1) is 8.83. The van der Waals surface area contributed by atoms with E-state index in [1.807, 2.05) is 6.07 Å². The monoisotopic (exact) mass is 249 g/mol. The van der Waals surface area contributed by atoms with Crippen molar-refractivity contribution in [3.05, 3.63) is 29.8 Å². The number of benzene rings is 1. The first-order valence-electron chi connectivity index (χ1n) is 6.77. The first kappa shape index (κ1) is 13.4. The molecule has 3 heteroatoms. The molecule has 1 aromatic carbocycles.